The van der Waals surface area contributed by atoms with Gasteiger partial charge in [0.2, 0.25) is 0 Å². The Bertz CT molecular complexity index is 1470. The summed E-state index contributed by atoms with van der Waals surface area (Å²) in [7, 11) is 0. The first-order valence-electron chi connectivity index (χ1n) is 12.7. The zero-order chi connectivity index (χ0) is 25.4. The molecule has 3 aromatic rings. The maximum Gasteiger partial charge on any atom is 0.192 e. The molecule has 5 heteroatoms. The molecule has 5 nitrogen and oxygen atoms in total. The lowest BCUT2D eigenvalue weighted by Gasteiger charge is -2.32. The summed E-state index contributed by atoms with van der Waals surface area (Å²) in [4.78, 5) is 40.7. The average Bonchev–Trinajstić information content (AvgIpc) is 3.36. The van der Waals surface area contributed by atoms with Crippen LogP contribution in [0.3, 0.4) is 0 Å². The molecule has 1 aromatic heterocycles. The van der Waals surface area contributed by atoms with Gasteiger partial charge in [-0.25, -0.2) is 0 Å². The number of carbonyl (C=O) groups is 2. The molecule has 1 fully saturated rings. The summed E-state index contributed by atoms with van der Waals surface area (Å²) in [5.41, 5.74) is 4.07. The van der Waals surface area contributed by atoms with Crippen molar-refractivity contribution in [2.24, 2.45) is 5.92 Å². The third kappa shape index (κ3) is 4.34. The second kappa shape index (κ2) is 9.73. The highest BCUT2D eigenvalue weighted by atomic mass is 16.3. The largest absolute Gasteiger partial charge is 0.461 e. The smallest absolute Gasteiger partial charge is 0.192 e. The molecule has 1 aliphatic carbocycles. The van der Waals surface area contributed by atoms with Crippen LogP contribution in [0.4, 0.5) is 0 Å². The van der Waals surface area contributed by atoms with E-state index in [1.54, 1.807) is 31.2 Å². The van der Waals surface area contributed by atoms with Crippen LogP contribution in [0.2, 0.25) is 0 Å². The standard InChI is InChI=1S/C31H31NO4/c1-18-16-25(33)23-14-9-15-24(31(23)36-18)29-27(26(34)17-21-10-7-8-11-21)19(2)32-20(3)28(29)30(35)22-12-5-4-6-13-22/h4-6,9,12-16,21,29,32H,7-8,10-11,17H2,1-3H3. The van der Waals surface area contributed by atoms with Crippen molar-refractivity contribution >= 4 is 22.5 Å². The van der Waals surface area contributed by atoms with Crippen molar-refractivity contribution in [3.8, 4) is 0 Å². The highest BCUT2D eigenvalue weighted by molar-refractivity contribution is 6.13. The van der Waals surface area contributed by atoms with E-state index >= 15 is 0 Å². The Kier molecular flexibility index (Phi) is 6.48. The fourth-order valence-corrected chi connectivity index (χ4v) is 5.85. The van der Waals surface area contributed by atoms with Crippen LogP contribution in [-0.2, 0) is 4.79 Å². The summed E-state index contributed by atoms with van der Waals surface area (Å²) < 4.78 is 6.10. The zero-order valence-electron chi connectivity index (χ0n) is 21.0. The van der Waals surface area contributed by atoms with Crippen molar-refractivity contribution in [2.75, 3.05) is 0 Å². The van der Waals surface area contributed by atoms with E-state index in [2.05, 4.69) is 5.32 Å². The molecular weight excluding hydrogens is 450 g/mol. The average molecular weight is 482 g/mol. The number of ketones is 2. The van der Waals surface area contributed by atoms with Crippen LogP contribution < -0.4 is 10.7 Å². The molecule has 0 saturated heterocycles. The molecule has 0 spiro atoms. The lowest BCUT2D eigenvalue weighted by Crippen LogP contribution is -2.32. The Balaban J connectivity index is 1.73. The fourth-order valence-electron chi connectivity index (χ4n) is 5.85. The van der Waals surface area contributed by atoms with Crippen LogP contribution in [0, 0.1) is 12.8 Å². The molecule has 1 aliphatic heterocycles. The van der Waals surface area contributed by atoms with E-state index in [9.17, 15) is 14.4 Å². The van der Waals surface area contributed by atoms with E-state index in [0.717, 1.165) is 31.4 Å². The van der Waals surface area contributed by atoms with Gasteiger partial charge in [0.1, 0.15) is 11.3 Å². The summed E-state index contributed by atoms with van der Waals surface area (Å²) in [6, 6.07) is 16.0. The summed E-state index contributed by atoms with van der Waals surface area (Å²) >= 11 is 0. The van der Waals surface area contributed by atoms with Crippen molar-refractivity contribution in [2.45, 2.75) is 58.8 Å². The van der Waals surface area contributed by atoms with Gasteiger partial charge in [0.05, 0.1) is 5.39 Å². The molecule has 36 heavy (non-hydrogen) atoms. The van der Waals surface area contributed by atoms with Gasteiger partial charge in [-0.05, 0) is 32.8 Å². The fraction of sp³-hybridized carbons (Fsp3) is 0.323. The van der Waals surface area contributed by atoms with Crippen LogP contribution >= 0.6 is 0 Å². The highest BCUT2D eigenvalue weighted by Crippen LogP contribution is 2.43. The molecule has 0 amide bonds. The number of rotatable bonds is 6. The number of benzene rings is 2. The summed E-state index contributed by atoms with van der Waals surface area (Å²) in [5.74, 6) is 0.129. The first-order valence-corrected chi connectivity index (χ1v) is 12.7. The second-order valence-corrected chi connectivity index (χ2v) is 10.1. The molecule has 1 unspecified atom stereocenters. The number of hydrogen-bond donors (Lipinski definition) is 1. The second-order valence-electron chi connectivity index (χ2n) is 10.1. The maximum absolute atomic E-state index is 14.0. The molecule has 0 radical (unpaired) electrons. The first kappa shape index (κ1) is 24.0. The lowest BCUT2D eigenvalue weighted by atomic mass is 9.74. The molecule has 1 N–H and O–H groups in total. The highest BCUT2D eigenvalue weighted by Gasteiger charge is 2.38. The van der Waals surface area contributed by atoms with E-state index in [0.29, 0.717) is 57.0 Å². The molecule has 2 aliphatic rings. The third-order valence-corrected chi connectivity index (χ3v) is 7.51. The molecule has 2 aromatic carbocycles. The number of Topliss-reactive ketones (excluding diaryl/α,β-unsaturated/α-hetero) is 2. The van der Waals surface area contributed by atoms with E-state index in [4.69, 9.17) is 4.42 Å². The Labute approximate surface area is 210 Å². The van der Waals surface area contributed by atoms with Gasteiger partial charge < -0.3 is 9.73 Å². The molecule has 184 valence electrons. The third-order valence-electron chi connectivity index (χ3n) is 7.51. The molecule has 1 saturated carbocycles. The van der Waals surface area contributed by atoms with Crippen molar-refractivity contribution in [3.63, 3.8) is 0 Å². The normalized spacial score (nSPS) is 18.6. The summed E-state index contributed by atoms with van der Waals surface area (Å²) in [6.45, 7) is 5.51. The van der Waals surface area contributed by atoms with Gasteiger partial charge in [-0.15, -0.1) is 0 Å². The van der Waals surface area contributed by atoms with Crippen LogP contribution in [0.5, 0.6) is 0 Å². The van der Waals surface area contributed by atoms with Crippen LogP contribution in [0.25, 0.3) is 11.0 Å². The Morgan fingerprint density at radius 1 is 0.917 bits per heavy atom. The molecule has 1 atom stereocenters. The predicted molar refractivity (Wildman–Crippen MR) is 141 cm³/mol. The maximum atomic E-state index is 14.0. The number of nitrogens with one attached hydrogen (secondary N) is 1. The lowest BCUT2D eigenvalue weighted by molar-refractivity contribution is -0.116. The molecule has 5 rings (SSSR count). The quantitative estimate of drug-likeness (QED) is 0.414. The zero-order valence-corrected chi connectivity index (χ0v) is 21.0. The SMILES string of the molecule is CC1=C(C(=O)CC2CCCC2)C(c2cccc3c(=O)cc(C)oc23)C(C(=O)c2ccccc2)=C(C)N1. The number of dihydropyridines is 1. The Morgan fingerprint density at radius 2 is 1.61 bits per heavy atom. The number of carbonyl (C=O) groups excluding carboxylic acids is 2. The topological polar surface area (TPSA) is 76.4 Å². The predicted octanol–water partition coefficient (Wildman–Crippen LogP) is 6.37. The van der Waals surface area contributed by atoms with Gasteiger partial charge >= 0.3 is 0 Å². The number of hydrogen-bond acceptors (Lipinski definition) is 5. The summed E-state index contributed by atoms with van der Waals surface area (Å²) in [6.07, 6.45) is 4.89. The Morgan fingerprint density at radius 3 is 2.33 bits per heavy atom. The number of para-hydroxylation sites is 1. The van der Waals surface area contributed by atoms with Gasteiger partial charge in [0, 0.05) is 52.1 Å². The molecular formula is C31H31NO4. The van der Waals surface area contributed by atoms with E-state index < -0.39 is 5.92 Å². The molecule has 0 bridgehead atoms. The minimum absolute atomic E-state index is 0.0507. The van der Waals surface area contributed by atoms with E-state index in [1.165, 1.54) is 6.07 Å². The van der Waals surface area contributed by atoms with Gasteiger partial charge in [0.15, 0.2) is 17.0 Å². The minimum atomic E-state index is -0.637. The van der Waals surface area contributed by atoms with Gasteiger partial charge in [-0.3, -0.25) is 14.4 Å². The van der Waals surface area contributed by atoms with Crippen molar-refractivity contribution in [1.82, 2.24) is 5.32 Å². The van der Waals surface area contributed by atoms with Crippen molar-refractivity contribution in [3.05, 3.63) is 104 Å². The van der Waals surface area contributed by atoms with Crippen LogP contribution in [-0.4, -0.2) is 11.6 Å². The number of allylic oxidation sites excluding steroid dienone is 4. The van der Waals surface area contributed by atoms with Crippen LogP contribution in [0.15, 0.2) is 86.3 Å². The number of aryl methyl sites for hydroxylation is 1. The monoisotopic (exact) mass is 481 g/mol. The summed E-state index contributed by atoms with van der Waals surface area (Å²) in [5, 5.41) is 3.78. The van der Waals surface area contributed by atoms with E-state index in [1.807, 2.05) is 38.1 Å². The van der Waals surface area contributed by atoms with Gasteiger partial charge in [-0.2, -0.15) is 0 Å². The number of fused-ring (bicyclic) bond motifs is 1. The van der Waals surface area contributed by atoms with Crippen molar-refractivity contribution < 1.29 is 14.0 Å². The van der Waals surface area contributed by atoms with Crippen LogP contribution in [0.1, 0.15) is 73.6 Å². The van der Waals surface area contributed by atoms with Gasteiger partial charge in [0.25, 0.3) is 0 Å². The minimum Gasteiger partial charge on any atom is -0.461 e. The van der Waals surface area contributed by atoms with Crippen molar-refractivity contribution in [1.29, 1.82) is 0 Å². The molecule has 2 heterocycles. The van der Waals surface area contributed by atoms with Gasteiger partial charge in [-0.1, -0.05) is 68.1 Å². The Hall–Kier alpha value is -3.73. The first-order chi connectivity index (χ1) is 17.3. The van der Waals surface area contributed by atoms with E-state index in [-0.39, 0.29) is 17.0 Å².